The molecular weight excluding hydrogens is 260 g/mol. The molecule has 0 spiro atoms. The van der Waals surface area contributed by atoms with E-state index in [4.69, 9.17) is 16.3 Å². The van der Waals surface area contributed by atoms with Crippen LogP contribution < -0.4 is 4.74 Å². The van der Waals surface area contributed by atoms with Crippen molar-refractivity contribution in [2.24, 2.45) is 0 Å². The third-order valence-electron chi connectivity index (χ3n) is 3.01. The number of hydrogen-bond acceptors (Lipinski definition) is 2. The van der Waals surface area contributed by atoms with Gasteiger partial charge < -0.3 is 9.84 Å². The van der Waals surface area contributed by atoms with Crippen LogP contribution in [0.4, 0.5) is 0 Å². The van der Waals surface area contributed by atoms with Crippen LogP contribution >= 0.6 is 11.6 Å². The second kappa shape index (κ2) is 6.09. The molecular formula is C16H17ClO2. The van der Waals surface area contributed by atoms with Gasteiger partial charge in [0.2, 0.25) is 0 Å². The normalized spacial score (nSPS) is 10.8. The Morgan fingerprint density at radius 1 is 1.11 bits per heavy atom. The molecule has 0 aromatic heterocycles. The maximum Gasteiger partial charge on any atom is 0.134 e. The Kier molecular flexibility index (Phi) is 4.46. The molecule has 2 rings (SSSR count). The van der Waals surface area contributed by atoms with Gasteiger partial charge in [0.05, 0.1) is 6.61 Å². The predicted molar refractivity (Wildman–Crippen MR) is 78.0 cm³/mol. The zero-order valence-electron chi connectivity index (χ0n) is 11.1. The van der Waals surface area contributed by atoms with Crippen LogP contribution in [-0.4, -0.2) is 5.11 Å². The summed E-state index contributed by atoms with van der Waals surface area (Å²) in [7, 11) is 0. The van der Waals surface area contributed by atoms with Crippen molar-refractivity contribution in [1.29, 1.82) is 0 Å². The van der Waals surface area contributed by atoms with E-state index in [2.05, 4.69) is 13.8 Å². The van der Waals surface area contributed by atoms with Gasteiger partial charge in [-0.05, 0) is 35.7 Å². The number of aliphatic hydroxyl groups excluding tert-OH is 1. The van der Waals surface area contributed by atoms with Gasteiger partial charge in [0.1, 0.15) is 11.5 Å². The number of halogens is 1. The number of hydrogen-bond donors (Lipinski definition) is 1. The fourth-order valence-electron chi connectivity index (χ4n) is 1.84. The Morgan fingerprint density at radius 2 is 1.79 bits per heavy atom. The SMILES string of the molecule is CC(C)c1ccc(Oc2cccc(Cl)c2CO)cc1. The highest BCUT2D eigenvalue weighted by Gasteiger charge is 2.08. The highest BCUT2D eigenvalue weighted by molar-refractivity contribution is 6.31. The standard InChI is InChI=1S/C16H17ClO2/c1-11(2)12-6-8-13(9-7-12)19-16-5-3-4-15(17)14(16)10-18/h3-9,11,18H,10H2,1-2H3. The first kappa shape index (κ1) is 13.9. The molecule has 0 bridgehead atoms. The van der Waals surface area contributed by atoms with Gasteiger partial charge in [-0.2, -0.15) is 0 Å². The van der Waals surface area contributed by atoms with Gasteiger partial charge in [0.25, 0.3) is 0 Å². The summed E-state index contributed by atoms with van der Waals surface area (Å²) in [5.41, 5.74) is 1.87. The fourth-order valence-corrected chi connectivity index (χ4v) is 2.06. The predicted octanol–water partition coefficient (Wildman–Crippen LogP) is 4.75. The highest BCUT2D eigenvalue weighted by Crippen LogP contribution is 2.31. The Bertz CT molecular complexity index is 547. The molecule has 0 atom stereocenters. The molecule has 0 unspecified atom stereocenters. The van der Waals surface area contributed by atoms with E-state index in [1.54, 1.807) is 18.2 Å². The molecule has 0 aliphatic heterocycles. The number of benzene rings is 2. The lowest BCUT2D eigenvalue weighted by Crippen LogP contribution is -1.93. The van der Waals surface area contributed by atoms with Crippen molar-refractivity contribution in [1.82, 2.24) is 0 Å². The lowest BCUT2D eigenvalue weighted by atomic mass is 10.0. The lowest BCUT2D eigenvalue weighted by Gasteiger charge is -2.12. The molecule has 3 heteroatoms. The maximum absolute atomic E-state index is 9.33. The van der Waals surface area contributed by atoms with Crippen molar-refractivity contribution in [3.63, 3.8) is 0 Å². The van der Waals surface area contributed by atoms with Gasteiger partial charge in [-0.1, -0.05) is 43.6 Å². The second-order valence-electron chi connectivity index (χ2n) is 4.70. The second-order valence-corrected chi connectivity index (χ2v) is 5.11. The van der Waals surface area contributed by atoms with Gasteiger partial charge in [0.15, 0.2) is 0 Å². The van der Waals surface area contributed by atoms with Crippen molar-refractivity contribution in [2.75, 3.05) is 0 Å². The lowest BCUT2D eigenvalue weighted by molar-refractivity contribution is 0.276. The van der Waals surface area contributed by atoms with Gasteiger partial charge in [-0.25, -0.2) is 0 Å². The first-order valence-corrected chi connectivity index (χ1v) is 6.65. The van der Waals surface area contributed by atoms with Crippen LogP contribution in [0.25, 0.3) is 0 Å². The molecule has 0 heterocycles. The molecule has 0 amide bonds. The first-order valence-electron chi connectivity index (χ1n) is 6.28. The van der Waals surface area contributed by atoms with E-state index >= 15 is 0 Å². The summed E-state index contributed by atoms with van der Waals surface area (Å²) in [6.45, 7) is 4.16. The van der Waals surface area contributed by atoms with Crippen molar-refractivity contribution in [2.45, 2.75) is 26.4 Å². The number of ether oxygens (including phenoxy) is 1. The van der Waals surface area contributed by atoms with Crippen molar-refractivity contribution in [3.8, 4) is 11.5 Å². The zero-order valence-corrected chi connectivity index (χ0v) is 11.8. The smallest absolute Gasteiger partial charge is 0.134 e. The third-order valence-corrected chi connectivity index (χ3v) is 3.36. The minimum atomic E-state index is -0.140. The largest absolute Gasteiger partial charge is 0.457 e. The van der Waals surface area contributed by atoms with Crippen LogP contribution in [0.15, 0.2) is 42.5 Å². The van der Waals surface area contributed by atoms with Gasteiger partial charge >= 0.3 is 0 Å². The van der Waals surface area contributed by atoms with Gasteiger partial charge in [-0.3, -0.25) is 0 Å². The van der Waals surface area contributed by atoms with Crippen LogP contribution in [0.5, 0.6) is 11.5 Å². The molecule has 100 valence electrons. The summed E-state index contributed by atoms with van der Waals surface area (Å²) in [5, 5.41) is 9.84. The minimum absolute atomic E-state index is 0.140. The Balaban J connectivity index is 2.24. The monoisotopic (exact) mass is 276 g/mol. The summed E-state index contributed by atoms with van der Waals surface area (Å²) in [6.07, 6.45) is 0. The van der Waals surface area contributed by atoms with Crippen LogP contribution in [0, 0.1) is 0 Å². The van der Waals surface area contributed by atoms with E-state index in [-0.39, 0.29) is 6.61 Å². The zero-order chi connectivity index (χ0) is 13.8. The molecule has 2 nitrogen and oxygen atoms in total. The number of rotatable bonds is 4. The van der Waals surface area contributed by atoms with Crippen LogP contribution in [-0.2, 0) is 6.61 Å². The van der Waals surface area contributed by atoms with Crippen molar-refractivity contribution >= 4 is 11.6 Å². The average molecular weight is 277 g/mol. The molecule has 0 saturated carbocycles. The Morgan fingerprint density at radius 3 is 2.37 bits per heavy atom. The third kappa shape index (κ3) is 3.28. The molecule has 0 radical (unpaired) electrons. The first-order chi connectivity index (χ1) is 9.11. The van der Waals surface area contributed by atoms with Gasteiger partial charge in [0, 0.05) is 10.6 Å². The molecule has 2 aromatic rings. The summed E-state index contributed by atoms with van der Waals surface area (Å²) in [6, 6.07) is 13.3. The summed E-state index contributed by atoms with van der Waals surface area (Å²) >= 11 is 6.02. The van der Waals surface area contributed by atoms with E-state index in [9.17, 15) is 5.11 Å². The Hall–Kier alpha value is -1.51. The van der Waals surface area contributed by atoms with Crippen LogP contribution in [0.2, 0.25) is 5.02 Å². The quantitative estimate of drug-likeness (QED) is 0.873. The van der Waals surface area contributed by atoms with E-state index in [1.165, 1.54) is 5.56 Å². The summed E-state index contributed by atoms with van der Waals surface area (Å²) in [5.74, 6) is 1.82. The van der Waals surface area contributed by atoms with E-state index in [0.717, 1.165) is 5.75 Å². The molecule has 0 fully saturated rings. The van der Waals surface area contributed by atoms with Crippen molar-refractivity contribution in [3.05, 3.63) is 58.6 Å². The maximum atomic E-state index is 9.33. The minimum Gasteiger partial charge on any atom is -0.457 e. The Labute approximate surface area is 118 Å². The van der Waals surface area contributed by atoms with E-state index in [1.807, 2.05) is 24.3 Å². The highest BCUT2D eigenvalue weighted by atomic mass is 35.5. The molecule has 0 aliphatic carbocycles. The van der Waals surface area contributed by atoms with E-state index in [0.29, 0.717) is 22.3 Å². The van der Waals surface area contributed by atoms with Crippen LogP contribution in [0.3, 0.4) is 0 Å². The molecule has 0 aliphatic rings. The van der Waals surface area contributed by atoms with E-state index < -0.39 is 0 Å². The van der Waals surface area contributed by atoms with Gasteiger partial charge in [-0.15, -0.1) is 0 Å². The summed E-state index contributed by atoms with van der Waals surface area (Å²) in [4.78, 5) is 0. The molecule has 2 aromatic carbocycles. The topological polar surface area (TPSA) is 29.5 Å². The molecule has 0 saturated heterocycles. The number of aliphatic hydroxyl groups is 1. The fraction of sp³-hybridized carbons (Fsp3) is 0.250. The van der Waals surface area contributed by atoms with Crippen molar-refractivity contribution < 1.29 is 9.84 Å². The van der Waals surface area contributed by atoms with Crippen LogP contribution in [0.1, 0.15) is 30.9 Å². The molecule has 19 heavy (non-hydrogen) atoms. The average Bonchev–Trinajstić information content (AvgIpc) is 2.39. The molecule has 1 N–H and O–H groups in total. The summed E-state index contributed by atoms with van der Waals surface area (Å²) < 4.78 is 5.77.